The summed E-state index contributed by atoms with van der Waals surface area (Å²) in [6.07, 6.45) is -2.59. The lowest BCUT2D eigenvalue weighted by Gasteiger charge is -2.32. The van der Waals surface area contributed by atoms with E-state index in [0.717, 1.165) is 12.3 Å². The van der Waals surface area contributed by atoms with Crippen molar-refractivity contribution in [2.24, 2.45) is 5.92 Å². The molecule has 2 heterocycles. The van der Waals surface area contributed by atoms with Gasteiger partial charge in [-0.25, -0.2) is 4.98 Å². The zero-order valence-electron chi connectivity index (χ0n) is 15.1. The zero-order valence-corrected chi connectivity index (χ0v) is 15.8. The minimum atomic E-state index is -4.48. The monoisotopic (exact) mass is 413 g/mol. The van der Waals surface area contributed by atoms with Crippen molar-refractivity contribution in [3.8, 4) is 5.75 Å². The van der Waals surface area contributed by atoms with Crippen molar-refractivity contribution in [1.82, 2.24) is 4.98 Å². The maximum Gasteiger partial charge on any atom is 0.417 e. The SMILES string of the molecule is COc1ccc(NC(=O)C2CCN(c3ncc(C(F)(F)F)cc3Cl)CC2)cc1. The van der Waals surface area contributed by atoms with Gasteiger partial charge in [0.1, 0.15) is 11.6 Å². The maximum atomic E-state index is 12.7. The number of pyridine rings is 1. The van der Waals surface area contributed by atoms with Crippen LogP contribution in [-0.2, 0) is 11.0 Å². The van der Waals surface area contributed by atoms with Gasteiger partial charge in [0.15, 0.2) is 0 Å². The Kier molecular flexibility index (Phi) is 5.98. The van der Waals surface area contributed by atoms with Crippen molar-refractivity contribution in [3.05, 3.63) is 47.1 Å². The average molecular weight is 414 g/mol. The Morgan fingerprint density at radius 1 is 1.25 bits per heavy atom. The largest absolute Gasteiger partial charge is 0.497 e. The normalized spacial score (nSPS) is 15.4. The van der Waals surface area contributed by atoms with Crippen molar-refractivity contribution in [3.63, 3.8) is 0 Å². The molecule has 0 unspecified atom stereocenters. The molecule has 5 nitrogen and oxygen atoms in total. The molecule has 1 N–H and O–H groups in total. The number of hydrogen-bond donors (Lipinski definition) is 1. The number of halogens is 4. The average Bonchev–Trinajstić information content (AvgIpc) is 2.68. The number of nitrogens with zero attached hydrogens (tertiary/aromatic N) is 2. The molecule has 28 heavy (non-hydrogen) atoms. The van der Waals surface area contributed by atoms with Crippen LogP contribution in [0.3, 0.4) is 0 Å². The third kappa shape index (κ3) is 4.67. The smallest absolute Gasteiger partial charge is 0.417 e. The van der Waals surface area contributed by atoms with Crippen LogP contribution in [0.15, 0.2) is 36.5 Å². The number of anilines is 2. The van der Waals surface area contributed by atoms with E-state index in [0.29, 0.717) is 43.2 Å². The molecule has 0 atom stereocenters. The summed E-state index contributed by atoms with van der Waals surface area (Å²) in [6.45, 7) is 0.970. The van der Waals surface area contributed by atoms with Gasteiger partial charge in [0.2, 0.25) is 5.91 Å². The molecule has 0 aliphatic carbocycles. The molecule has 1 fully saturated rings. The van der Waals surface area contributed by atoms with Crippen LogP contribution in [0.2, 0.25) is 5.02 Å². The Labute approximate surface area is 165 Å². The molecule has 1 aromatic heterocycles. The minimum absolute atomic E-state index is 0.0454. The van der Waals surface area contributed by atoms with Gasteiger partial charge in [-0.2, -0.15) is 13.2 Å². The lowest BCUT2D eigenvalue weighted by atomic mass is 9.95. The highest BCUT2D eigenvalue weighted by Gasteiger charge is 2.33. The van der Waals surface area contributed by atoms with Gasteiger partial charge in [-0.05, 0) is 43.2 Å². The molecule has 2 aromatic rings. The van der Waals surface area contributed by atoms with Gasteiger partial charge in [-0.15, -0.1) is 0 Å². The quantitative estimate of drug-likeness (QED) is 0.794. The molecule has 3 rings (SSSR count). The van der Waals surface area contributed by atoms with E-state index in [2.05, 4.69) is 10.3 Å². The predicted molar refractivity (Wildman–Crippen MR) is 101 cm³/mol. The standard InChI is InChI=1S/C19H19ClF3N3O2/c1-28-15-4-2-14(3-5-15)25-18(27)12-6-8-26(9-7-12)17-16(20)10-13(11-24-17)19(21,22)23/h2-5,10-12H,6-9H2,1H3,(H,25,27). The molecule has 0 spiro atoms. The van der Waals surface area contributed by atoms with Gasteiger partial charge >= 0.3 is 6.18 Å². The van der Waals surface area contributed by atoms with Crippen molar-refractivity contribution in [2.75, 3.05) is 30.4 Å². The van der Waals surface area contributed by atoms with Crippen LogP contribution in [0.4, 0.5) is 24.7 Å². The van der Waals surface area contributed by atoms with Gasteiger partial charge in [0.25, 0.3) is 0 Å². The fraction of sp³-hybridized carbons (Fsp3) is 0.368. The first-order valence-corrected chi connectivity index (χ1v) is 9.08. The molecule has 1 saturated heterocycles. The molecular formula is C19H19ClF3N3O2. The van der Waals surface area contributed by atoms with Gasteiger partial charge in [-0.1, -0.05) is 11.6 Å². The van der Waals surface area contributed by atoms with E-state index in [1.807, 2.05) is 0 Å². The van der Waals surface area contributed by atoms with E-state index in [1.165, 1.54) is 0 Å². The van der Waals surface area contributed by atoms with Crippen LogP contribution in [0, 0.1) is 5.92 Å². The number of alkyl halides is 3. The van der Waals surface area contributed by atoms with E-state index in [-0.39, 0.29) is 16.8 Å². The van der Waals surface area contributed by atoms with Gasteiger partial charge in [0.05, 0.1) is 17.7 Å². The Hall–Kier alpha value is -2.48. The van der Waals surface area contributed by atoms with Gasteiger partial charge in [0, 0.05) is 30.9 Å². The van der Waals surface area contributed by atoms with E-state index in [1.54, 1.807) is 36.3 Å². The number of nitrogens with one attached hydrogen (secondary N) is 1. The van der Waals surface area contributed by atoms with Gasteiger partial charge in [-0.3, -0.25) is 4.79 Å². The van der Waals surface area contributed by atoms with Crippen molar-refractivity contribution in [1.29, 1.82) is 0 Å². The number of benzene rings is 1. The first kappa shape index (κ1) is 20.3. The lowest BCUT2D eigenvalue weighted by molar-refractivity contribution is -0.137. The van der Waals surface area contributed by atoms with Crippen LogP contribution >= 0.6 is 11.6 Å². The first-order valence-electron chi connectivity index (χ1n) is 8.70. The number of ether oxygens (including phenoxy) is 1. The Bertz CT molecular complexity index is 835. The molecule has 0 saturated carbocycles. The number of hydrogen-bond acceptors (Lipinski definition) is 4. The minimum Gasteiger partial charge on any atom is -0.497 e. The Balaban J connectivity index is 1.58. The molecule has 1 amide bonds. The first-order chi connectivity index (χ1) is 13.3. The summed E-state index contributed by atoms with van der Waals surface area (Å²) in [5.41, 5.74) is -0.198. The third-order valence-electron chi connectivity index (χ3n) is 4.67. The lowest BCUT2D eigenvalue weighted by Crippen LogP contribution is -2.38. The zero-order chi connectivity index (χ0) is 20.3. The maximum absolute atomic E-state index is 12.7. The van der Waals surface area contributed by atoms with Crippen LogP contribution in [0.1, 0.15) is 18.4 Å². The second-order valence-electron chi connectivity index (χ2n) is 6.51. The number of carbonyl (C=O) groups excluding carboxylic acids is 1. The van der Waals surface area contributed by atoms with Crippen molar-refractivity contribution in [2.45, 2.75) is 19.0 Å². The molecule has 150 valence electrons. The summed E-state index contributed by atoms with van der Waals surface area (Å²) in [4.78, 5) is 18.1. The highest BCUT2D eigenvalue weighted by molar-refractivity contribution is 6.33. The summed E-state index contributed by atoms with van der Waals surface area (Å²) < 4.78 is 43.3. The van der Waals surface area contributed by atoms with E-state index in [9.17, 15) is 18.0 Å². The molecule has 1 aliphatic heterocycles. The molecule has 0 bridgehead atoms. The summed E-state index contributed by atoms with van der Waals surface area (Å²) in [5.74, 6) is 0.735. The molecular weight excluding hydrogens is 395 g/mol. The van der Waals surface area contributed by atoms with Crippen LogP contribution in [0.25, 0.3) is 0 Å². The highest BCUT2D eigenvalue weighted by atomic mass is 35.5. The highest BCUT2D eigenvalue weighted by Crippen LogP contribution is 2.34. The van der Waals surface area contributed by atoms with E-state index in [4.69, 9.17) is 16.3 Å². The molecule has 1 aliphatic rings. The van der Waals surface area contributed by atoms with Crippen molar-refractivity contribution < 1.29 is 22.7 Å². The van der Waals surface area contributed by atoms with Crippen molar-refractivity contribution >= 4 is 29.0 Å². The molecule has 1 aromatic carbocycles. The Morgan fingerprint density at radius 2 is 1.89 bits per heavy atom. The fourth-order valence-corrected chi connectivity index (χ4v) is 3.38. The Morgan fingerprint density at radius 3 is 2.43 bits per heavy atom. The number of piperidine rings is 1. The summed E-state index contributed by atoms with van der Waals surface area (Å²) in [6, 6.07) is 7.93. The van der Waals surface area contributed by atoms with Crippen LogP contribution in [0.5, 0.6) is 5.75 Å². The van der Waals surface area contributed by atoms with Gasteiger partial charge < -0.3 is 15.0 Å². The van der Waals surface area contributed by atoms with Crippen LogP contribution < -0.4 is 15.0 Å². The van der Waals surface area contributed by atoms with E-state index >= 15 is 0 Å². The summed E-state index contributed by atoms with van der Waals surface area (Å²) in [5, 5.41) is 2.83. The number of carbonyl (C=O) groups is 1. The number of amides is 1. The molecule has 0 radical (unpaired) electrons. The summed E-state index contributed by atoms with van der Waals surface area (Å²) in [7, 11) is 1.57. The number of methoxy groups -OCH3 is 1. The third-order valence-corrected chi connectivity index (χ3v) is 4.95. The molecule has 9 heteroatoms. The fourth-order valence-electron chi connectivity index (χ4n) is 3.09. The number of aromatic nitrogens is 1. The summed E-state index contributed by atoms with van der Waals surface area (Å²) >= 11 is 6.01. The number of rotatable bonds is 4. The second-order valence-corrected chi connectivity index (χ2v) is 6.91. The van der Waals surface area contributed by atoms with Crippen LogP contribution in [-0.4, -0.2) is 31.1 Å². The topological polar surface area (TPSA) is 54.5 Å². The van der Waals surface area contributed by atoms with E-state index < -0.39 is 11.7 Å². The second kappa shape index (κ2) is 8.26. The predicted octanol–water partition coefficient (Wildman–Crippen LogP) is 4.62.